The Kier molecular flexibility index (Phi) is 6.67. The van der Waals surface area contributed by atoms with E-state index < -0.39 is 23.7 Å². The number of hydrazine groups is 1. The van der Waals surface area contributed by atoms with E-state index in [9.17, 15) is 18.4 Å². The van der Waals surface area contributed by atoms with Crippen LogP contribution < -0.4 is 15.6 Å². The minimum absolute atomic E-state index is 0.0603. The number of halogens is 2. The lowest BCUT2D eigenvalue weighted by Crippen LogP contribution is -2.47. The molecular formula is C24H24F2N4O3. The van der Waals surface area contributed by atoms with Gasteiger partial charge in [-0.3, -0.25) is 20.4 Å². The summed E-state index contributed by atoms with van der Waals surface area (Å²) in [5, 5.41) is 4.49. The zero-order valence-electron chi connectivity index (χ0n) is 18.1. The Morgan fingerprint density at radius 2 is 1.73 bits per heavy atom. The van der Waals surface area contributed by atoms with E-state index in [-0.39, 0.29) is 17.3 Å². The number of hydrogen-bond donors (Lipinski definition) is 2. The lowest BCUT2D eigenvalue weighted by molar-refractivity contribution is -0.128. The third-order valence-corrected chi connectivity index (χ3v) is 5.53. The molecule has 1 unspecified atom stereocenters. The first-order valence-electron chi connectivity index (χ1n) is 10.8. The molecular weight excluding hydrogens is 430 g/mol. The second-order valence-corrected chi connectivity index (χ2v) is 7.86. The van der Waals surface area contributed by atoms with Crippen LogP contribution in [0.2, 0.25) is 0 Å². The highest BCUT2D eigenvalue weighted by atomic mass is 19.1. The zero-order chi connectivity index (χ0) is 23.4. The normalized spacial score (nSPS) is 14.0. The molecule has 0 saturated heterocycles. The fraction of sp³-hybridized carbons (Fsp3) is 0.292. The molecule has 2 aromatic carbocycles. The van der Waals surface area contributed by atoms with Crippen LogP contribution >= 0.6 is 0 Å². The topological polar surface area (TPSA) is 85.2 Å². The molecule has 0 radical (unpaired) electrons. The minimum atomic E-state index is -1.05. The number of aromatic nitrogens is 2. The molecule has 0 saturated carbocycles. The maximum Gasteiger partial charge on any atom is 0.290 e. The van der Waals surface area contributed by atoms with Gasteiger partial charge in [0, 0.05) is 11.3 Å². The first kappa shape index (κ1) is 22.4. The highest BCUT2D eigenvalue weighted by Crippen LogP contribution is 2.26. The van der Waals surface area contributed by atoms with Crippen molar-refractivity contribution >= 4 is 11.8 Å². The van der Waals surface area contributed by atoms with Gasteiger partial charge in [-0.25, -0.2) is 13.5 Å². The van der Waals surface area contributed by atoms with Gasteiger partial charge in [-0.05, 0) is 69.0 Å². The maximum atomic E-state index is 13.7. The number of carbonyl (C=O) groups excluding carboxylic acids is 2. The smallest absolute Gasteiger partial charge is 0.290 e. The first-order chi connectivity index (χ1) is 15.9. The number of para-hydroxylation sites is 1. The molecule has 1 aromatic heterocycles. The predicted octanol–water partition coefficient (Wildman–Crippen LogP) is 3.65. The highest BCUT2D eigenvalue weighted by Gasteiger charge is 2.26. The molecule has 0 spiro atoms. The third kappa shape index (κ3) is 5.02. The van der Waals surface area contributed by atoms with Crippen molar-refractivity contribution in [2.75, 3.05) is 0 Å². The van der Waals surface area contributed by atoms with Gasteiger partial charge < -0.3 is 4.74 Å². The van der Waals surface area contributed by atoms with Crippen molar-refractivity contribution in [3.63, 3.8) is 0 Å². The van der Waals surface area contributed by atoms with Crippen molar-refractivity contribution in [2.45, 2.75) is 45.1 Å². The Bertz CT molecular complexity index is 1160. The van der Waals surface area contributed by atoms with Gasteiger partial charge in [0.1, 0.15) is 5.82 Å². The van der Waals surface area contributed by atoms with Crippen LogP contribution in [0, 0.1) is 11.6 Å². The van der Waals surface area contributed by atoms with Gasteiger partial charge in [-0.2, -0.15) is 5.10 Å². The highest BCUT2D eigenvalue weighted by molar-refractivity contribution is 5.95. The SMILES string of the molecule is CC(Oc1ccccc1F)C(=O)NNC(=O)c1nn(-c2ccc(F)cc2)c2c1CCCCC2. The van der Waals surface area contributed by atoms with E-state index in [1.165, 1.54) is 37.3 Å². The third-order valence-electron chi connectivity index (χ3n) is 5.53. The van der Waals surface area contributed by atoms with E-state index in [1.807, 2.05) is 0 Å². The molecule has 0 fully saturated rings. The van der Waals surface area contributed by atoms with Gasteiger partial charge >= 0.3 is 0 Å². The van der Waals surface area contributed by atoms with Gasteiger partial charge in [0.05, 0.1) is 5.69 Å². The van der Waals surface area contributed by atoms with Gasteiger partial charge in [-0.15, -0.1) is 0 Å². The average molecular weight is 454 g/mol. The Labute approximate surface area is 189 Å². The summed E-state index contributed by atoms with van der Waals surface area (Å²) >= 11 is 0. The van der Waals surface area contributed by atoms with Crippen molar-refractivity contribution in [3.05, 3.63) is 77.1 Å². The summed E-state index contributed by atoms with van der Waals surface area (Å²) in [5.41, 5.74) is 7.28. The lowest BCUT2D eigenvalue weighted by Gasteiger charge is -2.15. The summed E-state index contributed by atoms with van der Waals surface area (Å²) in [6.45, 7) is 1.45. The molecule has 2 amide bonds. The van der Waals surface area contributed by atoms with Crippen LogP contribution in [0.25, 0.3) is 5.69 Å². The van der Waals surface area contributed by atoms with Gasteiger partial charge in [-0.1, -0.05) is 18.6 Å². The number of nitrogens with one attached hydrogen (secondary N) is 2. The molecule has 7 nitrogen and oxygen atoms in total. The first-order valence-corrected chi connectivity index (χ1v) is 10.8. The van der Waals surface area contributed by atoms with E-state index in [2.05, 4.69) is 16.0 Å². The molecule has 0 aliphatic heterocycles. The predicted molar refractivity (Wildman–Crippen MR) is 117 cm³/mol. The van der Waals surface area contributed by atoms with Gasteiger partial charge in [0.25, 0.3) is 11.8 Å². The Balaban J connectivity index is 1.49. The summed E-state index contributed by atoms with van der Waals surface area (Å²) in [7, 11) is 0. The summed E-state index contributed by atoms with van der Waals surface area (Å²) < 4.78 is 34.1. The van der Waals surface area contributed by atoms with Crippen molar-refractivity contribution in [1.82, 2.24) is 20.6 Å². The quantitative estimate of drug-likeness (QED) is 0.455. The summed E-state index contributed by atoms with van der Waals surface area (Å²) in [6.07, 6.45) is 3.29. The molecule has 1 aliphatic carbocycles. The van der Waals surface area contributed by atoms with E-state index in [0.29, 0.717) is 12.1 Å². The number of hydrogen-bond acceptors (Lipinski definition) is 4. The van der Waals surface area contributed by atoms with Crippen molar-refractivity contribution in [3.8, 4) is 11.4 Å². The molecule has 1 aliphatic rings. The van der Waals surface area contributed by atoms with Crippen LogP contribution in [0.1, 0.15) is 47.9 Å². The van der Waals surface area contributed by atoms with E-state index >= 15 is 0 Å². The van der Waals surface area contributed by atoms with E-state index in [4.69, 9.17) is 4.74 Å². The largest absolute Gasteiger partial charge is 0.478 e. The number of rotatable bonds is 5. The van der Waals surface area contributed by atoms with E-state index in [1.54, 1.807) is 22.9 Å². The number of benzene rings is 2. The molecule has 172 valence electrons. The second kappa shape index (κ2) is 9.81. The van der Waals surface area contributed by atoms with E-state index in [0.717, 1.165) is 36.9 Å². The number of carbonyl (C=O) groups is 2. The fourth-order valence-corrected chi connectivity index (χ4v) is 3.82. The van der Waals surface area contributed by atoms with Crippen LogP contribution in [-0.2, 0) is 17.6 Å². The van der Waals surface area contributed by atoms with Crippen LogP contribution in [0.5, 0.6) is 5.75 Å². The molecule has 1 atom stereocenters. The van der Waals surface area contributed by atoms with Crippen LogP contribution in [0.3, 0.4) is 0 Å². The van der Waals surface area contributed by atoms with Crippen molar-refractivity contribution in [1.29, 1.82) is 0 Å². The standard InChI is InChI=1S/C24H24F2N4O3/c1-15(33-21-10-6-5-8-19(21)26)23(31)27-28-24(32)22-18-7-3-2-4-9-20(18)30(29-22)17-13-11-16(25)12-14-17/h5-6,8,10-15H,2-4,7,9H2,1H3,(H,27,31)(H,28,32). The molecule has 33 heavy (non-hydrogen) atoms. The number of fused-ring (bicyclic) bond motifs is 1. The summed E-state index contributed by atoms with van der Waals surface area (Å²) in [6, 6.07) is 11.7. The second-order valence-electron chi connectivity index (χ2n) is 7.86. The molecule has 1 heterocycles. The van der Waals surface area contributed by atoms with Crippen LogP contribution in [-0.4, -0.2) is 27.7 Å². The fourth-order valence-electron chi connectivity index (χ4n) is 3.82. The monoisotopic (exact) mass is 454 g/mol. The molecule has 2 N–H and O–H groups in total. The Hall–Kier alpha value is -3.75. The maximum absolute atomic E-state index is 13.7. The van der Waals surface area contributed by atoms with Crippen molar-refractivity contribution in [2.24, 2.45) is 0 Å². The van der Waals surface area contributed by atoms with Gasteiger partial charge in [0.2, 0.25) is 0 Å². The Morgan fingerprint density at radius 1 is 1.00 bits per heavy atom. The zero-order valence-corrected chi connectivity index (χ0v) is 18.1. The summed E-state index contributed by atoms with van der Waals surface area (Å²) in [5.74, 6) is -2.22. The minimum Gasteiger partial charge on any atom is -0.478 e. The molecule has 0 bridgehead atoms. The lowest BCUT2D eigenvalue weighted by atomic mass is 10.1. The molecule has 3 aromatic rings. The number of ether oxygens (including phenoxy) is 1. The average Bonchev–Trinajstić information content (AvgIpc) is 3.00. The molecule has 4 rings (SSSR count). The Morgan fingerprint density at radius 3 is 2.48 bits per heavy atom. The van der Waals surface area contributed by atoms with Crippen LogP contribution in [0.15, 0.2) is 48.5 Å². The van der Waals surface area contributed by atoms with Crippen molar-refractivity contribution < 1.29 is 23.1 Å². The summed E-state index contributed by atoms with van der Waals surface area (Å²) in [4.78, 5) is 25.3. The van der Waals surface area contributed by atoms with Crippen LogP contribution in [0.4, 0.5) is 8.78 Å². The number of amides is 2. The van der Waals surface area contributed by atoms with Gasteiger partial charge in [0.15, 0.2) is 23.4 Å². The number of nitrogens with zero attached hydrogens (tertiary/aromatic N) is 2. The molecule has 9 heteroatoms.